The van der Waals surface area contributed by atoms with Gasteiger partial charge in [0.25, 0.3) is 0 Å². The molecule has 106 valence electrons. The van der Waals surface area contributed by atoms with E-state index < -0.39 is 0 Å². The molecule has 0 aliphatic rings. The topological polar surface area (TPSA) is 77.8 Å². The van der Waals surface area contributed by atoms with Crippen molar-refractivity contribution in [2.24, 2.45) is 0 Å². The minimum Gasteiger partial charge on any atom is -0.331 e. The molecule has 0 bridgehead atoms. The lowest BCUT2D eigenvalue weighted by Gasteiger charge is -2.15. The number of pyridine rings is 1. The van der Waals surface area contributed by atoms with Crippen molar-refractivity contribution in [2.45, 2.75) is 13.0 Å². The highest BCUT2D eigenvalue weighted by Crippen LogP contribution is 2.20. The first-order valence-electron chi connectivity index (χ1n) is 6.27. The van der Waals surface area contributed by atoms with Crippen molar-refractivity contribution in [2.75, 3.05) is 5.32 Å². The van der Waals surface area contributed by atoms with Crippen LogP contribution >= 0.6 is 11.6 Å². The van der Waals surface area contributed by atoms with Crippen molar-refractivity contribution in [3.63, 3.8) is 0 Å². The zero-order valence-electron chi connectivity index (χ0n) is 11.3. The van der Waals surface area contributed by atoms with Crippen LogP contribution in [-0.4, -0.2) is 11.0 Å². The summed E-state index contributed by atoms with van der Waals surface area (Å²) in [5.41, 5.74) is 1.85. The zero-order chi connectivity index (χ0) is 15.2. The second-order valence-corrected chi connectivity index (χ2v) is 4.81. The Hall–Kier alpha value is -2.58. The van der Waals surface area contributed by atoms with Crippen molar-refractivity contribution in [1.29, 1.82) is 5.26 Å². The lowest BCUT2D eigenvalue weighted by atomic mass is 10.1. The summed E-state index contributed by atoms with van der Waals surface area (Å²) in [7, 11) is 0. The third-order valence-corrected chi connectivity index (χ3v) is 3.21. The Bertz CT molecular complexity index is 682. The number of amides is 2. The van der Waals surface area contributed by atoms with Gasteiger partial charge in [0.2, 0.25) is 0 Å². The smallest absolute Gasteiger partial charge is 0.319 e. The molecule has 0 aliphatic heterocycles. The van der Waals surface area contributed by atoms with Gasteiger partial charge in [-0.15, -0.1) is 0 Å². The zero-order valence-corrected chi connectivity index (χ0v) is 12.1. The van der Waals surface area contributed by atoms with Crippen LogP contribution in [0.3, 0.4) is 0 Å². The van der Waals surface area contributed by atoms with Crippen molar-refractivity contribution >= 4 is 23.3 Å². The van der Waals surface area contributed by atoms with Gasteiger partial charge in [-0.25, -0.2) is 4.79 Å². The molecule has 1 aromatic carbocycles. The van der Waals surface area contributed by atoms with Gasteiger partial charge in [-0.3, -0.25) is 4.98 Å². The highest BCUT2D eigenvalue weighted by molar-refractivity contribution is 6.32. The predicted molar refractivity (Wildman–Crippen MR) is 81.0 cm³/mol. The molecule has 0 saturated heterocycles. The van der Waals surface area contributed by atoms with Crippen LogP contribution in [0.2, 0.25) is 5.02 Å². The lowest BCUT2D eigenvalue weighted by molar-refractivity contribution is 0.249. The quantitative estimate of drug-likeness (QED) is 0.910. The normalized spacial score (nSPS) is 11.3. The molecule has 1 atom stereocenters. The van der Waals surface area contributed by atoms with Crippen molar-refractivity contribution in [1.82, 2.24) is 10.3 Å². The van der Waals surface area contributed by atoms with E-state index in [0.717, 1.165) is 5.56 Å². The second kappa shape index (κ2) is 6.73. The second-order valence-electron chi connectivity index (χ2n) is 4.41. The van der Waals surface area contributed by atoms with Gasteiger partial charge < -0.3 is 10.6 Å². The fraction of sp³-hybridized carbons (Fsp3) is 0.133. The van der Waals surface area contributed by atoms with Gasteiger partial charge in [0.05, 0.1) is 16.6 Å². The van der Waals surface area contributed by atoms with Gasteiger partial charge in [0, 0.05) is 18.1 Å². The Morgan fingerprint density at radius 3 is 2.67 bits per heavy atom. The van der Waals surface area contributed by atoms with Crippen LogP contribution in [0.5, 0.6) is 0 Å². The molecule has 0 radical (unpaired) electrons. The minimum absolute atomic E-state index is 0.151. The Morgan fingerprint density at radius 2 is 2.05 bits per heavy atom. The minimum atomic E-state index is -0.347. The maximum atomic E-state index is 11.9. The molecule has 1 aromatic heterocycles. The molecule has 2 N–H and O–H groups in total. The van der Waals surface area contributed by atoms with E-state index in [1.807, 2.05) is 25.1 Å². The summed E-state index contributed by atoms with van der Waals surface area (Å²) in [5, 5.41) is 14.6. The number of anilines is 1. The number of hydrogen-bond acceptors (Lipinski definition) is 3. The molecule has 2 rings (SSSR count). The number of nitriles is 1. The van der Waals surface area contributed by atoms with Gasteiger partial charge in [-0.2, -0.15) is 5.26 Å². The van der Waals surface area contributed by atoms with Gasteiger partial charge >= 0.3 is 6.03 Å². The maximum absolute atomic E-state index is 11.9. The number of rotatable bonds is 3. The van der Waals surface area contributed by atoms with E-state index in [2.05, 4.69) is 15.6 Å². The van der Waals surface area contributed by atoms with Crippen molar-refractivity contribution < 1.29 is 4.79 Å². The van der Waals surface area contributed by atoms with Crippen LogP contribution in [0.4, 0.5) is 10.5 Å². The van der Waals surface area contributed by atoms with E-state index in [4.69, 9.17) is 16.9 Å². The number of carbonyl (C=O) groups is 1. The third kappa shape index (κ3) is 3.94. The summed E-state index contributed by atoms with van der Waals surface area (Å²) in [4.78, 5) is 15.8. The fourth-order valence-electron chi connectivity index (χ4n) is 1.78. The molecular weight excluding hydrogens is 288 g/mol. The first-order valence-corrected chi connectivity index (χ1v) is 6.65. The molecule has 2 aromatic rings. The van der Waals surface area contributed by atoms with Crippen LogP contribution in [0.15, 0.2) is 42.7 Å². The summed E-state index contributed by atoms with van der Waals surface area (Å²) in [6.07, 6.45) is 3.34. The van der Waals surface area contributed by atoms with Gasteiger partial charge in [-0.1, -0.05) is 11.6 Å². The van der Waals surface area contributed by atoms with Crippen LogP contribution in [-0.2, 0) is 0 Å². The molecule has 0 saturated carbocycles. The number of benzene rings is 1. The first kappa shape index (κ1) is 14.8. The molecule has 1 unspecified atom stereocenters. The monoisotopic (exact) mass is 300 g/mol. The summed E-state index contributed by atoms with van der Waals surface area (Å²) in [6, 6.07) is 9.86. The fourth-order valence-corrected chi connectivity index (χ4v) is 2.01. The van der Waals surface area contributed by atoms with Crippen LogP contribution in [0.25, 0.3) is 0 Å². The highest BCUT2D eigenvalue weighted by atomic mass is 35.5. The molecule has 0 aliphatic carbocycles. The number of urea groups is 1. The Balaban J connectivity index is 1.99. The standard InChI is InChI=1S/C15H13ClN4O/c1-10(11-4-6-18-7-5-11)19-15(21)20-13-3-2-12(9-17)14(16)8-13/h2-8,10H,1H3,(H2,19,20,21). The van der Waals surface area contributed by atoms with Crippen LogP contribution in [0, 0.1) is 11.3 Å². The van der Waals surface area contributed by atoms with Crippen molar-refractivity contribution in [3.8, 4) is 6.07 Å². The molecule has 5 nitrogen and oxygen atoms in total. The SMILES string of the molecule is CC(NC(=O)Nc1ccc(C#N)c(Cl)c1)c1ccncc1. The number of aromatic nitrogens is 1. The van der Waals surface area contributed by atoms with E-state index in [1.165, 1.54) is 6.07 Å². The van der Waals surface area contributed by atoms with Crippen LogP contribution < -0.4 is 10.6 Å². The van der Waals surface area contributed by atoms with E-state index >= 15 is 0 Å². The van der Waals surface area contributed by atoms with Gasteiger partial charge in [-0.05, 0) is 42.8 Å². The van der Waals surface area contributed by atoms with E-state index in [0.29, 0.717) is 16.3 Å². The molecule has 0 spiro atoms. The van der Waals surface area contributed by atoms with Crippen molar-refractivity contribution in [3.05, 3.63) is 58.9 Å². The molecular formula is C15H13ClN4O. The van der Waals surface area contributed by atoms with E-state index in [1.54, 1.807) is 24.5 Å². The number of hydrogen-bond donors (Lipinski definition) is 2. The molecule has 2 amide bonds. The lowest BCUT2D eigenvalue weighted by Crippen LogP contribution is -2.31. The predicted octanol–water partition coefficient (Wildman–Crippen LogP) is 3.49. The summed E-state index contributed by atoms with van der Waals surface area (Å²) in [6.45, 7) is 1.88. The first-order chi connectivity index (χ1) is 10.1. The summed E-state index contributed by atoms with van der Waals surface area (Å²) >= 11 is 5.91. The Morgan fingerprint density at radius 1 is 1.33 bits per heavy atom. The average molecular weight is 301 g/mol. The number of nitrogens with one attached hydrogen (secondary N) is 2. The Kier molecular flexibility index (Phi) is 4.75. The molecule has 21 heavy (non-hydrogen) atoms. The summed E-state index contributed by atoms with van der Waals surface area (Å²) in [5.74, 6) is 0. The number of halogens is 1. The largest absolute Gasteiger partial charge is 0.331 e. The maximum Gasteiger partial charge on any atom is 0.319 e. The van der Waals surface area contributed by atoms with E-state index in [9.17, 15) is 4.79 Å². The van der Waals surface area contributed by atoms with Gasteiger partial charge in [0.15, 0.2) is 0 Å². The molecule has 6 heteroatoms. The summed E-state index contributed by atoms with van der Waals surface area (Å²) < 4.78 is 0. The van der Waals surface area contributed by atoms with Gasteiger partial charge in [0.1, 0.15) is 6.07 Å². The number of nitrogens with zero attached hydrogens (tertiary/aromatic N) is 2. The third-order valence-electron chi connectivity index (χ3n) is 2.90. The highest BCUT2D eigenvalue weighted by Gasteiger charge is 2.10. The van der Waals surface area contributed by atoms with Crippen LogP contribution in [0.1, 0.15) is 24.1 Å². The molecule has 1 heterocycles. The van der Waals surface area contributed by atoms with E-state index in [-0.39, 0.29) is 12.1 Å². The molecule has 0 fully saturated rings. The Labute approximate surface area is 127 Å². The average Bonchev–Trinajstić information content (AvgIpc) is 2.48. The number of carbonyl (C=O) groups excluding carboxylic acids is 1.